The Bertz CT molecular complexity index is 406. The summed E-state index contributed by atoms with van der Waals surface area (Å²) in [4.78, 5) is 10.5. The van der Waals surface area contributed by atoms with Gasteiger partial charge in [-0.05, 0) is 34.1 Å². The average molecular weight is 291 g/mol. The molecular weight excluding hydrogens is 281 g/mol. The Morgan fingerprint density at radius 1 is 1.60 bits per heavy atom. The number of carboxylic acid groups (broad SMARTS) is 1. The van der Waals surface area contributed by atoms with E-state index in [9.17, 15) is 4.79 Å². The molecule has 0 atom stereocenters. The Morgan fingerprint density at radius 3 is 2.80 bits per heavy atom. The van der Waals surface area contributed by atoms with E-state index in [-0.39, 0.29) is 12.1 Å². The summed E-state index contributed by atoms with van der Waals surface area (Å²) in [5, 5.41) is 12.2. The van der Waals surface area contributed by atoms with Crippen molar-refractivity contribution >= 4 is 39.2 Å². The van der Waals surface area contributed by atoms with Gasteiger partial charge in [0.15, 0.2) is 0 Å². The van der Waals surface area contributed by atoms with Crippen LogP contribution in [0.1, 0.15) is 0 Å². The molecule has 80 valence electrons. The first kappa shape index (κ1) is 12.1. The van der Waals surface area contributed by atoms with Crippen molar-refractivity contribution in [1.82, 2.24) is 0 Å². The summed E-state index contributed by atoms with van der Waals surface area (Å²) < 4.78 is 0.785. The van der Waals surface area contributed by atoms with E-state index in [1.54, 1.807) is 18.2 Å². The number of carboxylic acids is 1. The summed E-state index contributed by atoms with van der Waals surface area (Å²) in [7, 11) is 0. The normalized spacial score (nSPS) is 9.73. The van der Waals surface area contributed by atoms with E-state index in [1.165, 1.54) is 0 Å². The van der Waals surface area contributed by atoms with Crippen molar-refractivity contribution in [2.24, 2.45) is 0 Å². The molecule has 5 heteroatoms. The van der Waals surface area contributed by atoms with Crippen molar-refractivity contribution < 1.29 is 9.90 Å². The monoisotopic (exact) mass is 289 g/mol. The van der Waals surface area contributed by atoms with Gasteiger partial charge in [-0.15, -0.1) is 0 Å². The van der Waals surface area contributed by atoms with Gasteiger partial charge >= 0.3 is 5.97 Å². The largest absolute Gasteiger partial charge is 0.478 e. The van der Waals surface area contributed by atoms with E-state index < -0.39 is 5.97 Å². The van der Waals surface area contributed by atoms with Crippen LogP contribution in [-0.4, -0.2) is 17.6 Å². The number of nitrogens with one attached hydrogen (secondary N) is 1. The van der Waals surface area contributed by atoms with Crippen molar-refractivity contribution in [2.75, 3.05) is 11.9 Å². The highest BCUT2D eigenvalue weighted by molar-refractivity contribution is 9.10. The molecule has 0 spiro atoms. The third kappa shape index (κ3) is 3.57. The van der Waals surface area contributed by atoms with Crippen molar-refractivity contribution in [3.8, 4) is 0 Å². The maximum absolute atomic E-state index is 10.5. The lowest BCUT2D eigenvalue weighted by atomic mass is 10.2. The van der Waals surface area contributed by atoms with E-state index in [0.717, 1.165) is 10.2 Å². The van der Waals surface area contributed by atoms with Gasteiger partial charge in [-0.1, -0.05) is 18.2 Å². The lowest BCUT2D eigenvalue weighted by molar-refractivity contribution is -0.132. The van der Waals surface area contributed by atoms with Crippen LogP contribution in [0.3, 0.4) is 0 Å². The molecule has 0 bridgehead atoms. The van der Waals surface area contributed by atoms with Crippen LogP contribution in [0.4, 0.5) is 5.69 Å². The van der Waals surface area contributed by atoms with E-state index in [2.05, 4.69) is 27.8 Å². The van der Waals surface area contributed by atoms with E-state index in [4.69, 9.17) is 16.7 Å². The van der Waals surface area contributed by atoms with Crippen LogP contribution < -0.4 is 5.32 Å². The molecule has 0 aliphatic rings. The van der Waals surface area contributed by atoms with E-state index in [0.29, 0.717) is 5.02 Å². The molecular formula is C10H9BrClNO2. The fraction of sp³-hybridized carbons (Fsp3) is 0.100. The molecule has 1 aromatic carbocycles. The van der Waals surface area contributed by atoms with Gasteiger partial charge in [-0.3, -0.25) is 0 Å². The number of anilines is 1. The Kier molecular flexibility index (Phi) is 4.17. The molecule has 0 amide bonds. The number of halogens is 2. The van der Waals surface area contributed by atoms with Gasteiger partial charge in [0.2, 0.25) is 0 Å². The van der Waals surface area contributed by atoms with Crippen LogP contribution in [0.15, 0.2) is 34.8 Å². The van der Waals surface area contributed by atoms with E-state index in [1.807, 2.05) is 0 Å². The Hall–Kier alpha value is -1.00. The van der Waals surface area contributed by atoms with Crippen LogP contribution in [-0.2, 0) is 4.79 Å². The first-order chi connectivity index (χ1) is 7.00. The predicted octanol–water partition coefficient (Wildman–Crippen LogP) is 3.16. The molecule has 2 N–H and O–H groups in total. The van der Waals surface area contributed by atoms with Gasteiger partial charge in [0.25, 0.3) is 0 Å². The van der Waals surface area contributed by atoms with Crippen LogP contribution in [0, 0.1) is 0 Å². The SMILES string of the molecule is C=C(CNc1ccc(Cl)cc1Br)C(=O)O. The summed E-state index contributed by atoms with van der Waals surface area (Å²) in [6.07, 6.45) is 0. The molecule has 3 nitrogen and oxygen atoms in total. The Balaban J connectivity index is 2.66. The zero-order valence-electron chi connectivity index (χ0n) is 7.76. The Labute approximate surface area is 101 Å². The van der Waals surface area contributed by atoms with E-state index >= 15 is 0 Å². The minimum Gasteiger partial charge on any atom is -0.478 e. The third-order valence-electron chi connectivity index (χ3n) is 1.73. The summed E-state index contributed by atoms with van der Waals surface area (Å²) >= 11 is 9.07. The van der Waals surface area contributed by atoms with Gasteiger partial charge in [0.1, 0.15) is 0 Å². The molecule has 15 heavy (non-hydrogen) atoms. The van der Waals surface area contributed by atoms with Crippen LogP contribution in [0.2, 0.25) is 5.02 Å². The first-order valence-corrected chi connectivity index (χ1v) is 5.28. The molecule has 0 radical (unpaired) electrons. The minimum absolute atomic E-state index is 0.108. The molecule has 0 saturated heterocycles. The van der Waals surface area contributed by atoms with Crippen LogP contribution in [0.25, 0.3) is 0 Å². The molecule has 0 aliphatic carbocycles. The summed E-state index contributed by atoms with van der Waals surface area (Å²) in [6.45, 7) is 3.60. The number of aliphatic carboxylic acids is 1. The number of carbonyl (C=O) groups is 1. The van der Waals surface area contributed by atoms with Crippen molar-refractivity contribution in [2.45, 2.75) is 0 Å². The second kappa shape index (κ2) is 5.19. The number of rotatable bonds is 4. The zero-order chi connectivity index (χ0) is 11.4. The second-order valence-corrected chi connectivity index (χ2v) is 4.18. The fourth-order valence-corrected chi connectivity index (χ4v) is 1.73. The van der Waals surface area contributed by atoms with Crippen molar-refractivity contribution in [1.29, 1.82) is 0 Å². The number of hydrogen-bond acceptors (Lipinski definition) is 2. The number of benzene rings is 1. The fourth-order valence-electron chi connectivity index (χ4n) is 0.910. The Morgan fingerprint density at radius 2 is 2.27 bits per heavy atom. The maximum Gasteiger partial charge on any atom is 0.332 e. The highest BCUT2D eigenvalue weighted by Crippen LogP contribution is 2.25. The molecule has 1 aromatic rings. The average Bonchev–Trinajstić information content (AvgIpc) is 2.15. The molecule has 1 rings (SSSR count). The molecule has 0 unspecified atom stereocenters. The second-order valence-electron chi connectivity index (χ2n) is 2.89. The topological polar surface area (TPSA) is 49.3 Å². The van der Waals surface area contributed by atoms with Crippen molar-refractivity contribution in [3.05, 3.63) is 39.8 Å². The van der Waals surface area contributed by atoms with Crippen LogP contribution in [0.5, 0.6) is 0 Å². The molecule has 0 heterocycles. The van der Waals surface area contributed by atoms with Gasteiger partial charge < -0.3 is 10.4 Å². The predicted molar refractivity (Wildman–Crippen MR) is 64.4 cm³/mol. The van der Waals surface area contributed by atoms with Gasteiger partial charge in [-0.25, -0.2) is 4.79 Å². The highest BCUT2D eigenvalue weighted by atomic mass is 79.9. The van der Waals surface area contributed by atoms with Gasteiger partial charge in [-0.2, -0.15) is 0 Å². The van der Waals surface area contributed by atoms with Crippen LogP contribution >= 0.6 is 27.5 Å². The summed E-state index contributed by atoms with van der Waals surface area (Å²) in [5.74, 6) is -1.01. The lowest BCUT2D eigenvalue weighted by Gasteiger charge is -2.08. The molecule has 0 fully saturated rings. The molecule has 0 aliphatic heterocycles. The highest BCUT2D eigenvalue weighted by Gasteiger charge is 2.05. The molecule has 0 aromatic heterocycles. The smallest absolute Gasteiger partial charge is 0.332 e. The molecule has 0 saturated carbocycles. The first-order valence-electron chi connectivity index (χ1n) is 4.10. The maximum atomic E-state index is 10.5. The number of hydrogen-bond donors (Lipinski definition) is 2. The van der Waals surface area contributed by atoms with Crippen molar-refractivity contribution in [3.63, 3.8) is 0 Å². The third-order valence-corrected chi connectivity index (χ3v) is 2.62. The van der Waals surface area contributed by atoms with Gasteiger partial charge in [0.05, 0.1) is 0 Å². The standard InChI is InChI=1S/C10H9BrClNO2/c1-6(10(14)15)5-13-9-3-2-7(12)4-8(9)11/h2-4,13H,1,5H2,(H,14,15). The quantitative estimate of drug-likeness (QED) is 0.838. The van der Waals surface area contributed by atoms with Gasteiger partial charge in [0, 0.05) is 27.3 Å². The lowest BCUT2D eigenvalue weighted by Crippen LogP contribution is -2.11. The minimum atomic E-state index is -1.01. The summed E-state index contributed by atoms with van der Waals surface area (Å²) in [5.41, 5.74) is 0.888. The zero-order valence-corrected chi connectivity index (χ0v) is 10.1. The summed E-state index contributed by atoms with van der Waals surface area (Å²) in [6, 6.07) is 5.22.